The molecule has 0 fully saturated rings. The number of aromatic nitrogens is 3. The van der Waals surface area contributed by atoms with Gasteiger partial charge in [0, 0.05) is 6.92 Å². The van der Waals surface area contributed by atoms with Gasteiger partial charge in [-0.15, -0.1) is 0 Å². The molecule has 0 aliphatic rings. The molecule has 0 aliphatic carbocycles. The highest BCUT2D eigenvalue weighted by molar-refractivity contribution is 6.03. The van der Waals surface area contributed by atoms with Crippen LogP contribution >= 0.6 is 0 Å². The van der Waals surface area contributed by atoms with Crippen molar-refractivity contribution < 1.29 is 22.4 Å². The van der Waals surface area contributed by atoms with Crippen LogP contribution in [0, 0.1) is 6.92 Å². The monoisotopic (exact) mass is 272 g/mol. The number of anilines is 1. The molecule has 0 aliphatic heterocycles. The summed E-state index contributed by atoms with van der Waals surface area (Å²) in [6.07, 6.45) is -2.31. The lowest BCUT2D eigenvalue weighted by atomic mass is 10.3. The normalized spacial score (nSPS) is 11.4. The molecule has 0 saturated carbocycles. The molecule has 0 saturated heterocycles. The number of amides is 1. The molecule has 100 valence electrons. The molecule has 2 aromatic heterocycles. The van der Waals surface area contributed by atoms with Gasteiger partial charge < -0.3 is 9.73 Å². The van der Waals surface area contributed by atoms with Gasteiger partial charge in [0.2, 0.25) is 5.76 Å². The average molecular weight is 272 g/mol. The molecular weight excluding hydrogens is 265 g/mol. The zero-order valence-electron chi connectivity index (χ0n) is 9.52. The minimum absolute atomic E-state index is 0.203. The van der Waals surface area contributed by atoms with Crippen LogP contribution in [0.25, 0.3) is 0 Å². The van der Waals surface area contributed by atoms with E-state index in [2.05, 4.69) is 24.9 Å². The van der Waals surface area contributed by atoms with Crippen molar-refractivity contribution in [2.45, 2.75) is 13.1 Å². The van der Waals surface area contributed by atoms with Gasteiger partial charge in [-0.1, -0.05) is 0 Å². The van der Waals surface area contributed by atoms with Gasteiger partial charge >= 0.3 is 6.18 Å². The number of alkyl halides is 3. The molecule has 0 spiro atoms. The first-order valence-corrected chi connectivity index (χ1v) is 5.00. The van der Waals surface area contributed by atoms with Gasteiger partial charge in [0.25, 0.3) is 5.91 Å². The molecule has 9 heteroatoms. The van der Waals surface area contributed by atoms with Gasteiger partial charge in [0.05, 0.1) is 18.1 Å². The van der Waals surface area contributed by atoms with Crippen molar-refractivity contribution in [3.63, 3.8) is 0 Å². The maximum absolute atomic E-state index is 12.6. The van der Waals surface area contributed by atoms with Crippen molar-refractivity contribution >= 4 is 11.6 Å². The molecule has 2 rings (SSSR count). The van der Waals surface area contributed by atoms with E-state index < -0.39 is 23.5 Å². The van der Waals surface area contributed by atoms with Gasteiger partial charge in [-0.05, 0) is 6.07 Å². The molecule has 0 bridgehead atoms. The van der Waals surface area contributed by atoms with Crippen molar-refractivity contribution in [3.8, 4) is 0 Å². The number of nitrogens with one attached hydrogen (secondary N) is 1. The van der Waals surface area contributed by atoms with Crippen molar-refractivity contribution in [2.24, 2.45) is 0 Å². The highest BCUT2D eigenvalue weighted by Gasteiger charge is 2.41. The fourth-order valence-electron chi connectivity index (χ4n) is 1.33. The summed E-state index contributed by atoms with van der Waals surface area (Å²) in [6.45, 7) is 1.22. The second-order valence-corrected chi connectivity index (χ2v) is 3.49. The van der Waals surface area contributed by atoms with Crippen LogP contribution < -0.4 is 5.32 Å². The lowest BCUT2D eigenvalue weighted by Gasteiger charge is -2.05. The zero-order valence-corrected chi connectivity index (χ0v) is 9.52. The van der Waals surface area contributed by atoms with Gasteiger partial charge in [0.1, 0.15) is 0 Å². The van der Waals surface area contributed by atoms with Crippen molar-refractivity contribution in [1.82, 2.24) is 15.2 Å². The maximum Gasteiger partial charge on any atom is 0.452 e. The smallest absolute Gasteiger partial charge is 0.436 e. The van der Waals surface area contributed by atoms with E-state index in [0.717, 1.165) is 0 Å². The number of nitrogens with zero attached hydrogens (tertiary/aromatic N) is 3. The van der Waals surface area contributed by atoms with Crippen LogP contribution in [-0.2, 0) is 6.18 Å². The third-order valence-electron chi connectivity index (χ3n) is 2.05. The molecule has 2 aromatic rings. The number of hydrogen-bond donors (Lipinski definition) is 1. The fraction of sp³-hybridized carbons (Fsp3) is 0.200. The van der Waals surface area contributed by atoms with E-state index in [1.807, 2.05) is 0 Å². The van der Waals surface area contributed by atoms with Crippen molar-refractivity contribution in [2.75, 3.05) is 5.32 Å². The Balaban J connectivity index is 2.30. The van der Waals surface area contributed by atoms with Crippen LogP contribution in [0.4, 0.5) is 18.9 Å². The summed E-state index contributed by atoms with van der Waals surface area (Å²) >= 11 is 0. The largest absolute Gasteiger partial charge is 0.452 e. The van der Waals surface area contributed by atoms with Crippen molar-refractivity contribution in [1.29, 1.82) is 0 Å². The van der Waals surface area contributed by atoms with Crippen LogP contribution in [0.1, 0.15) is 22.1 Å². The first-order chi connectivity index (χ1) is 8.88. The van der Waals surface area contributed by atoms with Crippen molar-refractivity contribution in [3.05, 3.63) is 35.8 Å². The second-order valence-electron chi connectivity index (χ2n) is 3.49. The Morgan fingerprint density at radius 1 is 1.37 bits per heavy atom. The predicted molar refractivity (Wildman–Crippen MR) is 56.2 cm³/mol. The molecule has 0 aromatic carbocycles. The Morgan fingerprint density at radius 3 is 2.68 bits per heavy atom. The topological polar surface area (TPSA) is 80.9 Å². The van der Waals surface area contributed by atoms with E-state index in [0.29, 0.717) is 0 Å². The molecule has 0 radical (unpaired) electrons. The third kappa shape index (κ3) is 2.87. The van der Waals surface area contributed by atoms with Crippen LogP contribution in [-0.4, -0.2) is 21.1 Å². The number of rotatable bonds is 2. The minimum atomic E-state index is -4.79. The summed E-state index contributed by atoms with van der Waals surface area (Å²) in [6, 6.07) is 1.38. The van der Waals surface area contributed by atoms with E-state index in [1.54, 1.807) is 0 Å². The summed E-state index contributed by atoms with van der Waals surface area (Å²) in [5.74, 6) is -2.70. The Labute approximate surface area is 104 Å². The third-order valence-corrected chi connectivity index (χ3v) is 2.05. The van der Waals surface area contributed by atoms with Crippen LogP contribution in [0.3, 0.4) is 0 Å². The molecule has 2 heterocycles. The first-order valence-electron chi connectivity index (χ1n) is 5.00. The highest BCUT2D eigenvalue weighted by atomic mass is 19.4. The van der Waals surface area contributed by atoms with E-state index in [1.165, 1.54) is 25.4 Å². The Morgan fingerprint density at radius 2 is 2.11 bits per heavy atom. The number of carbonyl (C=O) groups excluding carboxylic acids is 1. The zero-order chi connectivity index (χ0) is 14.0. The Hall–Kier alpha value is -2.45. The van der Waals surface area contributed by atoms with Gasteiger partial charge in [-0.25, -0.2) is 4.98 Å². The predicted octanol–water partition coefficient (Wildman–Crippen LogP) is 2.04. The number of oxazole rings is 1. The van der Waals surface area contributed by atoms with E-state index in [9.17, 15) is 18.0 Å². The average Bonchev–Trinajstić information content (AvgIpc) is 2.72. The molecule has 6 nitrogen and oxygen atoms in total. The summed E-state index contributed by atoms with van der Waals surface area (Å²) in [5, 5.41) is 9.17. The maximum atomic E-state index is 12.6. The number of aryl methyl sites for hydroxylation is 1. The summed E-state index contributed by atoms with van der Waals surface area (Å²) in [7, 11) is 0. The lowest BCUT2D eigenvalue weighted by Crippen LogP contribution is -2.18. The van der Waals surface area contributed by atoms with Gasteiger partial charge in [0.15, 0.2) is 11.6 Å². The highest BCUT2D eigenvalue weighted by Crippen LogP contribution is 2.32. The summed E-state index contributed by atoms with van der Waals surface area (Å²) in [4.78, 5) is 15.2. The second kappa shape index (κ2) is 4.67. The minimum Gasteiger partial charge on any atom is -0.436 e. The molecule has 19 heavy (non-hydrogen) atoms. The summed E-state index contributed by atoms with van der Waals surface area (Å²) in [5.41, 5.74) is -0.615. The van der Waals surface area contributed by atoms with Gasteiger partial charge in [-0.2, -0.15) is 23.4 Å². The van der Waals surface area contributed by atoms with E-state index >= 15 is 0 Å². The van der Waals surface area contributed by atoms with Gasteiger partial charge in [-0.3, -0.25) is 4.79 Å². The lowest BCUT2D eigenvalue weighted by molar-refractivity contribution is -0.153. The number of carbonyl (C=O) groups is 1. The summed E-state index contributed by atoms with van der Waals surface area (Å²) < 4.78 is 42.3. The molecule has 1 N–H and O–H groups in total. The van der Waals surface area contributed by atoms with E-state index in [-0.39, 0.29) is 11.6 Å². The Kier molecular flexibility index (Phi) is 3.19. The number of hydrogen-bond acceptors (Lipinski definition) is 5. The quantitative estimate of drug-likeness (QED) is 0.904. The Bertz CT molecular complexity index is 595. The molecular formula is C10H7F3N4O2. The first kappa shape index (κ1) is 13.0. The standard InChI is InChI=1S/C10H7F3N4O2/c1-5-16-7(8(19-5)10(11,12)13)9(18)17-6-2-3-14-15-4-6/h2-4H,1H3,(H,14,17,18). The van der Waals surface area contributed by atoms with Crippen LogP contribution in [0.15, 0.2) is 22.9 Å². The molecule has 0 unspecified atom stereocenters. The molecule has 0 atom stereocenters. The number of halogens is 3. The van der Waals surface area contributed by atoms with E-state index in [4.69, 9.17) is 0 Å². The van der Waals surface area contributed by atoms with Crippen LogP contribution in [0.5, 0.6) is 0 Å². The molecule has 1 amide bonds. The van der Waals surface area contributed by atoms with Crippen LogP contribution in [0.2, 0.25) is 0 Å². The fourth-order valence-corrected chi connectivity index (χ4v) is 1.33. The SMILES string of the molecule is Cc1nc(C(=O)Nc2ccnnc2)c(C(F)(F)F)o1.